The van der Waals surface area contributed by atoms with Gasteiger partial charge in [-0.3, -0.25) is 0 Å². The Morgan fingerprint density at radius 2 is 2.00 bits per heavy atom. The van der Waals surface area contributed by atoms with E-state index < -0.39 is 0 Å². The fraction of sp³-hybridized carbons (Fsp3) is 0.412. The van der Waals surface area contributed by atoms with Crippen molar-refractivity contribution in [2.24, 2.45) is 0 Å². The van der Waals surface area contributed by atoms with E-state index in [2.05, 4.69) is 69.6 Å². The summed E-state index contributed by atoms with van der Waals surface area (Å²) >= 11 is 5.41. The van der Waals surface area contributed by atoms with Crippen molar-refractivity contribution in [2.45, 2.75) is 32.7 Å². The van der Waals surface area contributed by atoms with Crippen LogP contribution < -0.4 is 10.2 Å². The lowest BCUT2D eigenvalue weighted by molar-refractivity contribution is 0.899. The number of hydrogen-bond donors (Lipinski definition) is 1. The Labute approximate surface area is 139 Å². The molecule has 112 valence electrons. The van der Waals surface area contributed by atoms with Crippen molar-refractivity contribution in [3.63, 3.8) is 0 Å². The van der Waals surface area contributed by atoms with Crippen LogP contribution in [0.2, 0.25) is 0 Å². The molecule has 1 unspecified atom stereocenters. The molecule has 0 bridgehead atoms. The first-order valence-corrected chi connectivity index (χ1v) is 9.17. The average molecular weight is 365 g/mol. The van der Waals surface area contributed by atoms with Gasteiger partial charge in [0.1, 0.15) is 0 Å². The number of nitrogens with one attached hydrogen (secondary N) is 1. The summed E-state index contributed by atoms with van der Waals surface area (Å²) in [6.07, 6.45) is 2.64. The van der Waals surface area contributed by atoms with Gasteiger partial charge in [-0.05, 0) is 77.8 Å². The third-order valence-corrected chi connectivity index (χ3v) is 6.14. The first kappa shape index (κ1) is 14.9. The number of halogens is 1. The van der Waals surface area contributed by atoms with E-state index in [1.807, 2.05) is 0 Å². The first-order valence-electron chi connectivity index (χ1n) is 7.50. The molecule has 21 heavy (non-hydrogen) atoms. The van der Waals surface area contributed by atoms with Gasteiger partial charge in [-0.2, -0.15) is 0 Å². The molecular weight excluding hydrogens is 344 g/mol. The van der Waals surface area contributed by atoms with Crippen LogP contribution in [0.15, 0.2) is 34.1 Å². The van der Waals surface area contributed by atoms with Crippen LogP contribution in [0.3, 0.4) is 0 Å². The molecule has 1 aromatic carbocycles. The van der Waals surface area contributed by atoms with Crippen molar-refractivity contribution in [1.29, 1.82) is 0 Å². The second kappa shape index (κ2) is 6.41. The minimum atomic E-state index is 0.315. The van der Waals surface area contributed by atoms with Crippen LogP contribution in [-0.2, 0) is 0 Å². The van der Waals surface area contributed by atoms with Gasteiger partial charge in [0.25, 0.3) is 0 Å². The number of rotatable bonds is 4. The second-order valence-corrected chi connectivity index (χ2v) is 7.49. The van der Waals surface area contributed by atoms with E-state index in [1.54, 1.807) is 11.3 Å². The summed E-state index contributed by atoms with van der Waals surface area (Å²) in [4.78, 5) is 3.83. The number of anilines is 2. The maximum Gasteiger partial charge on any atom is 0.0589 e. The van der Waals surface area contributed by atoms with E-state index in [0.29, 0.717) is 6.04 Å². The van der Waals surface area contributed by atoms with Crippen molar-refractivity contribution in [3.05, 3.63) is 44.6 Å². The molecule has 0 amide bonds. The van der Waals surface area contributed by atoms with Crippen LogP contribution in [0.25, 0.3) is 0 Å². The molecule has 0 aliphatic carbocycles. The van der Waals surface area contributed by atoms with Crippen LogP contribution in [0.1, 0.15) is 36.2 Å². The van der Waals surface area contributed by atoms with Crippen molar-refractivity contribution in [3.8, 4) is 0 Å². The van der Waals surface area contributed by atoms with E-state index in [9.17, 15) is 0 Å². The SMILES string of the molecule is Cc1cc(N2CCCC2)ccc1NC(C)c1sccc1Br. The highest BCUT2D eigenvalue weighted by Crippen LogP contribution is 2.33. The smallest absolute Gasteiger partial charge is 0.0589 e. The van der Waals surface area contributed by atoms with Gasteiger partial charge >= 0.3 is 0 Å². The van der Waals surface area contributed by atoms with Crippen LogP contribution in [-0.4, -0.2) is 13.1 Å². The molecule has 2 nitrogen and oxygen atoms in total. The fourth-order valence-corrected chi connectivity index (χ4v) is 4.62. The Morgan fingerprint density at radius 3 is 2.62 bits per heavy atom. The van der Waals surface area contributed by atoms with Crippen LogP contribution in [0.5, 0.6) is 0 Å². The largest absolute Gasteiger partial charge is 0.377 e. The minimum absolute atomic E-state index is 0.315. The van der Waals surface area contributed by atoms with E-state index in [1.165, 1.54) is 52.2 Å². The van der Waals surface area contributed by atoms with Crippen molar-refractivity contribution in [2.75, 3.05) is 23.3 Å². The van der Waals surface area contributed by atoms with Gasteiger partial charge in [-0.15, -0.1) is 11.3 Å². The number of aryl methyl sites for hydroxylation is 1. The highest BCUT2D eigenvalue weighted by atomic mass is 79.9. The summed E-state index contributed by atoms with van der Waals surface area (Å²) < 4.78 is 1.19. The molecule has 3 rings (SSSR count). The van der Waals surface area contributed by atoms with Crippen LogP contribution in [0.4, 0.5) is 11.4 Å². The monoisotopic (exact) mass is 364 g/mol. The van der Waals surface area contributed by atoms with Gasteiger partial charge in [0, 0.05) is 33.8 Å². The molecule has 4 heteroatoms. The predicted molar refractivity (Wildman–Crippen MR) is 96.7 cm³/mol. The average Bonchev–Trinajstić information content (AvgIpc) is 3.12. The number of hydrogen-bond acceptors (Lipinski definition) is 3. The molecule has 1 saturated heterocycles. The van der Waals surface area contributed by atoms with Gasteiger partial charge < -0.3 is 10.2 Å². The fourth-order valence-electron chi connectivity index (χ4n) is 2.90. The van der Waals surface area contributed by atoms with Crippen molar-refractivity contribution < 1.29 is 0 Å². The molecular formula is C17H21BrN2S. The highest BCUT2D eigenvalue weighted by molar-refractivity contribution is 9.10. The molecule has 1 aromatic heterocycles. The zero-order chi connectivity index (χ0) is 14.8. The molecule has 2 heterocycles. The quantitative estimate of drug-likeness (QED) is 0.760. The van der Waals surface area contributed by atoms with E-state index in [0.717, 1.165) is 0 Å². The first-order chi connectivity index (χ1) is 10.1. The molecule has 1 atom stereocenters. The third-order valence-electron chi connectivity index (χ3n) is 4.09. The van der Waals surface area contributed by atoms with Crippen molar-refractivity contribution >= 4 is 38.6 Å². The van der Waals surface area contributed by atoms with Gasteiger partial charge in [0.05, 0.1) is 6.04 Å². The van der Waals surface area contributed by atoms with Gasteiger partial charge in [0.15, 0.2) is 0 Å². The second-order valence-electron chi connectivity index (χ2n) is 5.69. The minimum Gasteiger partial charge on any atom is -0.377 e. The maximum absolute atomic E-state index is 3.63. The van der Waals surface area contributed by atoms with Gasteiger partial charge in [-0.25, -0.2) is 0 Å². The number of nitrogens with zero attached hydrogens (tertiary/aromatic N) is 1. The maximum atomic E-state index is 3.63. The number of thiophene rings is 1. The van der Waals surface area contributed by atoms with E-state index in [-0.39, 0.29) is 0 Å². The zero-order valence-electron chi connectivity index (χ0n) is 12.5. The summed E-state index contributed by atoms with van der Waals surface area (Å²) in [5, 5.41) is 5.76. The lowest BCUT2D eigenvalue weighted by Crippen LogP contribution is -2.17. The molecule has 2 aromatic rings. The third kappa shape index (κ3) is 3.27. The Kier molecular flexibility index (Phi) is 4.55. The Hall–Kier alpha value is -1.00. The topological polar surface area (TPSA) is 15.3 Å². The molecule has 0 spiro atoms. The molecule has 1 aliphatic rings. The summed E-state index contributed by atoms with van der Waals surface area (Å²) in [6, 6.07) is 9.21. The summed E-state index contributed by atoms with van der Waals surface area (Å²) in [5.74, 6) is 0. The lowest BCUT2D eigenvalue weighted by atomic mass is 10.1. The van der Waals surface area contributed by atoms with Crippen LogP contribution in [0, 0.1) is 6.92 Å². The lowest BCUT2D eigenvalue weighted by Gasteiger charge is -2.21. The molecule has 1 aliphatic heterocycles. The number of benzene rings is 1. The van der Waals surface area contributed by atoms with Crippen molar-refractivity contribution in [1.82, 2.24) is 0 Å². The predicted octanol–water partition coefficient (Wildman–Crippen LogP) is 5.59. The van der Waals surface area contributed by atoms with E-state index in [4.69, 9.17) is 0 Å². The van der Waals surface area contributed by atoms with E-state index >= 15 is 0 Å². The molecule has 1 N–H and O–H groups in total. The Morgan fingerprint density at radius 1 is 1.24 bits per heavy atom. The zero-order valence-corrected chi connectivity index (χ0v) is 14.9. The normalized spacial score (nSPS) is 16.2. The molecule has 1 fully saturated rings. The summed E-state index contributed by atoms with van der Waals surface area (Å²) in [6.45, 7) is 6.80. The molecule has 0 saturated carbocycles. The van der Waals surface area contributed by atoms with Crippen LogP contribution >= 0.6 is 27.3 Å². The van der Waals surface area contributed by atoms with Gasteiger partial charge in [-0.1, -0.05) is 0 Å². The summed E-state index contributed by atoms with van der Waals surface area (Å²) in [7, 11) is 0. The summed E-state index contributed by atoms with van der Waals surface area (Å²) in [5.41, 5.74) is 3.91. The Bertz CT molecular complexity index is 617. The Balaban J connectivity index is 1.75. The standard InChI is InChI=1S/C17H21BrN2S/c1-12-11-14(20-8-3-4-9-20)5-6-16(12)19-13(2)17-15(18)7-10-21-17/h5-7,10-11,13,19H,3-4,8-9H2,1-2H3. The molecule has 0 radical (unpaired) electrons. The van der Waals surface area contributed by atoms with Gasteiger partial charge in [0.2, 0.25) is 0 Å². The highest BCUT2D eigenvalue weighted by Gasteiger charge is 2.15.